The molecule has 0 spiro atoms. The molecule has 53 valence electrons. The van der Waals surface area contributed by atoms with Crippen molar-refractivity contribution in [2.45, 2.75) is 31.9 Å². The van der Waals surface area contributed by atoms with Crippen LogP contribution in [0.2, 0.25) is 0 Å². The van der Waals surface area contributed by atoms with E-state index in [1.54, 1.807) is 0 Å². The average molecular weight is 145 g/mol. The molecule has 0 bridgehead atoms. The Morgan fingerprint density at radius 3 is 2.56 bits per heavy atom. The standard InChI is InChI=1S/C7H13OS/c1-6-8-5-4-7(2,3)9-6/h4-5H2,1-3H3. The van der Waals surface area contributed by atoms with Crippen molar-refractivity contribution in [1.82, 2.24) is 0 Å². The topological polar surface area (TPSA) is 9.23 Å². The molecule has 0 aromatic rings. The lowest BCUT2D eigenvalue weighted by atomic mass is 10.1. The molecular formula is C7H13OS. The maximum Gasteiger partial charge on any atom is 0.149 e. The zero-order chi connectivity index (χ0) is 6.91. The minimum Gasteiger partial charge on any atom is -0.361 e. The first-order valence-corrected chi connectivity index (χ1v) is 4.07. The lowest BCUT2D eigenvalue weighted by molar-refractivity contribution is 0.166. The van der Waals surface area contributed by atoms with Crippen LogP contribution < -0.4 is 0 Å². The van der Waals surface area contributed by atoms with Crippen LogP contribution in [0.3, 0.4) is 0 Å². The Morgan fingerprint density at radius 1 is 1.56 bits per heavy atom. The third-order valence-corrected chi connectivity index (χ3v) is 2.59. The van der Waals surface area contributed by atoms with Gasteiger partial charge in [-0.15, -0.1) is 11.8 Å². The Labute approximate surface area is 61.2 Å². The second-order valence-corrected chi connectivity index (χ2v) is 4.84. The van der Waals surface area contributed by atoms with Crippen LogP contribution in [0.25, 0.3) is 0 Å². The SMILES string of the molecule is C[C]1OCCC(C)(C)S1. The van der Waals surface area contributed by atoms with Crippen molar-refractivity contribution >= 4 is 11.8 Å². The molecule has 0 N–H and O–H groups in total. The average Bonchev–Trinajstić information content (AvgIpc) is 1.60. The van der Waals surface area contributed by atoms with Crippen LogP contribution >= 0.6 is 11.8 Å². The molecule has 1 fully saturated rings. The third kappa shape index (κ3) is 2.18. The van der Waals surface area contributed by atoms with Gasteiger partial charge in [-0.05, 0) is 13.3 Å². The van der Waals surface area contributed by atoms with Gasteiger partial charge < -0.3 is 4.74 Å². The number of hydrogen-bond donors (Lipinski definition) is 0. The highest BCUT2D eigenvalue weighted by Crippen LogP contribution is 2.40. The smallest absolute Gasteiger partial charge is 0.149 e. The van der Waals surface area contributed by atoms with Gasteiger partial charge in [0.1, 0.15) is 5.44 Å². The Morgan fingerprint density at radius 2 is 2.22 bits per heavy atom. The zero-order valence-corrected chi connectivity index (χ0v) is 7.05. The molecule has 0 aromatic carbocycles. The van der Waals surface area contributed by atoms with Crippen molar-refractivity contribution in [3.63, 3.8) is 0 Å². The van der Waals surface area contributed by atoms with Crippen LogP contribution in [-0.2, 0) is 4.74 Å². The van der Waals surface area contributed by atoms with Gasteiger partial charge in [0.15, 0.2) is 0 Å². The van der Waals surface area contributed by atoms with Crippen LogP contribution in [0, 0.1) is 5.44 Å². The maximum absolute atomic E-state index is 5.29. The molecule has 9 heavy (non-hydrogen) atoms. The molecule has 0 aromatic heterocycles. The molecule has 1 radical (unpaired) electrons. The number of ether oxygens (including phenoxy) is 1. The second-order valence-electron chi connectivity index (χ2n) is 2.95. The van der Waals surface area contributed by atoms with Crippen molar-refractivity contribution in [3.05, 3.63) is 5.44 Å². The largest absolute Gasteiger partial charge is 0.361 e. The molecule has 2 heteroatoms. The lowest BCUT2D eigenvalue weighted by Gasteiger charge is -2.31. The van der Waals surface area contributed by atoms with Crippen LogP contribution in [0.1, 0.15) is 27.2 Å². The Bertz CT molecular complexity index is 101. The number of rotatable bonds is 0. The van der Waals surface area contributed by atoms with Crippen molar-refractivity contribution < 1.29 is 4.74 Å². The van der Waals surface area contributed by atoms with Gasteiger partial charge in [-0.3, -0.25) is 0 Å². The van der Waals surface area contributed by atoms with Crippen molar-refractivity contribution in [2.24, 2.45) is 0 Å². The molecule has 1 aliphatic heterocycles. The summed E-state index contributed by atoms with van der Waals surface area (Å²) in [4.78, 5) is 0. The van der Waals surface area contributed by atoms with E-state index in [1.807, 2.05) is 18.7 Å². The molecule has 1 saturated heterocycles. The first-order chi connectivity index (χ1) is 4.10. The molecule has 0 atom stereocenters. The molecule has 0 unspecified atom stereocenters. The molecule has 1 rings (SSSR count). The van der Waals surface area contributed by atoms with Crippen LogP contribution in [0.5, 0.6) is 0 Å². The zero-order valence-electron chi connectivity index (χ0n) is 6.23. The molecule has 1 heterocycles. The number of thioether (sulfide) groups is 1. The lowest BCUT2D eigenvalue weighted by Crippen LogP contribution is -2.24. The Kier molecular flexibility index (Phi) is 2.07. The van der Waals surface area contributed by atoms with Crippen molar-refractivity contribution in [3.8, 4) is 0 Å². The molecule has 1 aliphatic rings. The van der Waals surface area contributed by atoms with E-state index in [-0.39, 0.29) is 0 Å². The normalized spacial score (nSPS) is 28.3. The summed E-state index contributed by atoms with van der Waals surface area (Å²) in [5.41, 5.74) is 1.12. The summed E-state index contributed by atoms with van der Waals surface area (Å²) in [5, 5.41) is 0. The van der Waals surface area contributed by atoms with E-state index in [0.717, 1.165) is 18.5 Å². The van der Waals surface area contributed by atoms with Gasteiger partial charge in [0, 0.05) is 11.4 Å². The van der Waals surface area contributed by atoms with Gasteiger partial charge in [0.25, 0.3) is 0 Å². The quantitative estimate of drug-likeness (QED) is 0.517. The van der Waals surface area contributed by atoms with Gasteiger partial charge in [0.2, 0.25) is 0 Å². The fourth-order valence-corrected chi connectivity index (χ4v) is 2.02. The molecule has 0 saturated carbocycles. The van der Waals surface area contributed by atoms with Gasteiger partial charge in [-0.1, -0.05) is 13.8 Å². The summed E-state index contributed by atoms with van der Waals surface area (Å²) in [6, 6.07) is 0. The fourth-order valence-electron chi connectivity index (χ4n) is 0.910. The van der Waals surface area contributed by atoms with Gasteiger partial charge in [-0.2, -0.15) is 0 Å². The fraction of sp³-hybridized carbons (Fsp3) is 0.857. The summed E-state index contributed by atoms with van der Waals surface area (Å²) < 4.78 is 5.70. The monoisotopic (exact) mass is 145 g/mol. The highest BCUT2D eigenvalue weighted by molar-refractivity contribution is 8.03. The highest BCUT2D eigenvalue weighted by atomic mass is 32.2. The molecule has 1 nitrogen and oxygen atoms in total. The number of hydrogen-bond acceptors (Lipinski definition) is 2. The predicted octanol–water partition coefficient (Wildman–Crippen LogP) is 2.43. The van der Waals surface area contributed by atoms with E-state index in [2.05, 4.69) is 13.8 Å². The van der Waals surface area contributed by atoms with Gasteiger partial charge in [0.05, 0.1) is 0 Å². The minimum atomic E-state index is 0.405. The van der Waals surface area contributed by atoms with Crippen LogP contribution in [0.15, 0.2) is 0 Å². The first-order valence-electron chi connectivity index (χ1n) is 3.25. The maximum atomic E-state index is 5.29. The van der Waals surface area contributed by atoms with E-state index in [0.29, 0.717) is 4.75 Å². The van der Waals surface area contributed by atoms with Crippen molar-refractivity contribution in [2.75, 3.05) is 6.61 Å². The van der Waals surface area contributed by atoms with E-state index in [4.69, 9.17) is 4.74 Å². The summed E-state index contributed by atoms with van der Waals surface area (Å²) >= 11 is 1.84. The van der Waals surface area contributed by atoms with Crippen LogP contribution in [0.4, 0.5) is 0 Å². The van der Waals surface area contributed by atoms with E-state index < -0.39 is 0 Å². The predicted molar refractivity (Wildman–Crippen MR) is 41.2 cm³/mol. The molecule has 0 amide bonds. The van der Waals surface area contributed by atoms with E-state index >= 15 is 0 Å². The molecule has 0 aliphatic carbocycles. The van der Waals surface area contributed by atoms with Crippen LogP contribution in [-0.4, -0.2) is 11.4 Å². The van der Waals surface area contributed by atoms with E-state index in [1.165, 1.54) is 0 Å². The van der Waals surface area contributed by atoms with Gasteiger partial charge in [-0.25, -0.2) is 0 Å². The molecular weight excluding hydrogens is 132 g/mol. The summed E-state index contributed by atoms with van der Waals surface area (Å²) in [7, 11) is 0. The Hall–Kier alpha value is 0.310. The second kappa shape index (κ2) is 2.51. The Balaban J connectivity index is 2.41. The summed E-state index contributed by atoms with van der Waals surface area (Å²) in [6.07, 6.45) is 1.16. The minimum absolute atomic E-state index is 0.405. The summed E-state index contributed by atoms with van der Waals surface area (Å²) in [6.45, 7) is 7.44. The third-order valence-electron chi connectivity index (χ3n) is 1.43. The van der Waals surface area contributed by atoms with Crippen molar-refractivity contribution in [1.29, 1.82) is 0 Å². The van der Waals surface area contributed by atoms with Gasteiger partial charge >= 0.3 is 0 Å². The highest BCUT2D eigenvalue weighted by Gasteiger charge is 2.27. The first kappa shape index (κ1) is 7.42. The van der Waals surface area contributed by atoms with E-state index in [9.17, 15) is 0 Å². The summed E-state index contributed by atoms with van der Waals surface area (Å²) in [5.74, 6) is 0.